The third kappa shape index (κ3) is 6.57. The minimum atomic E-state index is 0.331. The van der Waals surface area contributed by atoms with Crippen LogP contribution in [-0.2, 0) is 4.74 Å². The van der Waals surface area contributed by atoms with Gasteiger partial charge in [0.25, 0.3) is 0 Å². The lowest BCUT2D eigenvalue weighted by Crippen LogP contribution is -2.09. The number of benzene rings is 2. The molecule has 2 aromatic carbocycles. The van der Waals surface area contributed by atoms with Crippen LogP contribution < -0.4 is 20.5 Å². The first-order valence-electron chi connectivity index (χ1n) is 10.6. The molecule has 0 amide bonds. The molecule has 1 aromatic heterocycles. The first-order valence-corrected chi connectivity index (χ1v) is 11.0. The number of hydrogen-bond donors (Lipinski definition) is 2. The van der Waals surface area contributed by atoms with Crippen LogP contribution in [-0.4, -0.2) is 49.2 Å². The highest BCUT2D eigenvalue weighted by Crippen LogP contribution is 2.33. The van der Waals surface area contributed by atoms with Crippen LogP contribution in [0.4, 0.5) is 17.2 Å². The van der Waals surface area contributed by atoms with E-state index in [1.165, 1.54) is 6.33 Å². The first kappa shape index (κ1) is 24.3. The predicted octanol–water partition coefficient (Wildman–Crippen LogP) is 5.05. The third-order valence-corrected chi connectivity index (χ3v) is 4.97. The number of rotatable bonds is 11. The number of halogens is 1. The van der Waals surface area contributed by atoms with E-state index in [-0.39, 0.29) is 0 Å². The number of nitrogens with two attached hydrogens (primary N) is 1. The van der Waals surface area contributed by atoms with Crippen molar-refractivity contribution in [3.63, 3.8) is 0 Å². The van der Waals surface area contributed by atoms with Gasteiger partial charge < -0.3 is 25.3 Å². The van der Waals surface area contributed by atoms with Crippen LogP contribution in [0.25, 0.3) is 10.9 Å². The van der Waals surface area contributed by atoms with Crippen molar-refractivity contribution in [3.05, 3.63) is 53.8 Å². The zero-order chi connectivity index (χ0) is 23.6. The van der Waals surface area contributed by atoms with E-state index in [0.717, 1.165) is 16.8 Å². The highest BCUT2D eigenvalue weighted by molar-refractivity contribution is 6.32. The number of aliphatic imine (C=N–C) groups is 1. The van der Waals surface area contributed by atoms with Gasteiger partial charge in [-0.2, -0.15) is 0 Å². The van der Waals surface area contributed by atoms with Crippen molar-refractivity contribution in [1.82, 2.24) is 9.97 Å². The van der Waals surface area contributed by atoms with E-state index >= 15 is 0 Å². The number of hydrogen-bond acceptors (Lipinski definition) is 8. The van der Waals surface area contributed by atoms with Crippen LogP contribution in [0.5, 0.6) is 11.5 Å². The molecule has 0 aliphatic rings. The summed E-state index contributed by atoms with van der Waals surface area (Å²) in [5.74, 6) is 1.73. The molecular weight excluding hydrogens is 442 g/mol. The minimum absolute atomic E-state index is 0.331. The zero-order valence-electron chi connectivity index (χ0n) is 19.0. The second kappa shape index (κ2) is 12.0. The molecule has 0 aliphatic heterocycles. The van der Waals surface area contributed by atoms with Gasteiger partial charge in [0.05, 0.1) is 28.5 Å². The molecular formula is C24H28ClN5O3. The topological polar surface area (TPSA) is 104 Å². The number of aromatic nitrogens is 2. The van der Waals surface area contributed by atoms with Crippen LogP contribution in [0.1, 0.15) is 13.8 Å². The summed E-state index contributed by atoms with van der Waals surface area (Å²) < 4.78 is 16.8. The van der Waals surface area contributed by atoms with Crippen molar-refractivity contribution in [2.75, 3.05) is 44.5 Å². The van der Waals surface area contributed by atoms with Gasteiger partial charge in [0, 0.05) is 30.8 Å². The molecule has 3 N–H and O–H groups in total. The van der Waals surface area contributed by atoms with Gasteiger partial charge in [-0.05, 0) is 44.2 Å². The molecule has 0 radical (unpaired) electrons. The number of anilines is 3. The quantitative estimate of drug-likeness (QED) is 0.230. The number of ether oxygens (including phenoxy) is 3. The maximum atomic E-state index is 6.43. The van der Waals surface area contributed by atoms with Gasteiger partial charge in [0.15, 0.2) is 0 Å². The Bertz CT molecular complexity index is 1150. The lowest BCUT2D eigenvalue weighted by atomic mass is 10.2. The van der Waals surface area contributed by atoms with Gasteiger partial charge in [-0.15, -0.1) is 0 Å². The lowest BCUT2D eigenvalue weighted by molar-refractivity contribution is 0.110. The molecule has 1 heterocycles. The molecule has 0 saturated heterocycles. The molecule has 33 heavy (non-hydrogen) atoms. The molecule has 174 valence electrons. The van der Waals surface area contributed by atoms with Gasteiger partial charge >= 0.3 is 0 Å². The third-order valence-electron chi connectivity index (χ3n) is 4.67. The maximum absolute atomic E-state index is 6.43. The highest BCUT2D eigenvalue weighted by Gasteiger charge is 2.11. The summed E-state index contributed by atoms with van der Waals surface area (Å²) in [7, 11) is 1.72. The number of allylic oxidation sites excluding steroid dienone is 1. The Morgan fingerprint density at radius 2 is 2.00 bits per heavy atom. The van der Waals surface area contributed by atoms with Crippen LogP contribution in [0.15, 0.2) is 53.8 Å². The van der Waals surface area contributed by atoms with Crippen LogP contribution in [0, 0.1) is 0 Å². The molecule has 8 nitrogen and oxygen atoms in total. The highest BCUT2D eigenvalue weighted by atomic mass is 35.5. The smallest absolute Gasteiger partial charge is 0.144 e. The number of nitrogen functional groups attached to an aromatic ring is 1. The normalized spacial score (nSPS) is 11.8. The number of nitrogens with one attached hydrogen (secondary N) is 1. The van der Waals surface area contributed by atoms with E-state index < -0.39 is 0 Å². The van der Waals surface area contributed by atoms with Crippen LogP contribution in [0.2, 0.25) is 5.02 Å². The molecule has 0 bridgehead atoms. The summed E-state index contributed by atoms with van der Waals surface area (Å²) in [6.07, 6.45) is 5.29. The fourth-order valence-electron chi connectivity index (χ4n) is 3.04. The van der Waals surface area contributed by atoms with Crippen molar-refractivity contribution >= 4 is 45.4 Å². The minimum Gasteiger partial charge on any atom is -0.489 e. The Hall–Kier alpha value is -3.36. The molecule has 0 aliphatic carbocycles. The second-order valence-corrected chi connectivity index (χ2v) is 7.36. The summed E-state index contributed by atoms with van der Waals surface area (Å²) in [5.41, 5.74) is 8.97. The monoisotopic (exact) mass is 469 g/mol. The predicted molar refractivity (Wildman–Crippen MR) is 134 cm³/mol. The molecule has 0 saturated carbocycles. The number of fused-ring (bicyclic) bond motifs is 1. The Balaban J connectivity index is 1.76. The van der Waals surface area contributed by atoms with Crippen molar-refractivity contribution < 1.29 is 14.2 Å². The standard InChI is InChI=1S/C24H28ClN5O3/c1-4-6-17(27-3)14-33-22-8-7-16(11-19(22)25)30-24-18-12-20(26)23(32-10-9-31-5-2)13-21(18)28-15-29-24/h4,6-8,11-13,15H,5,9-10,14,26H2,1-3H3,(H,28,29,30)/b6-4-,27-17?. The van der Waals surface area contributed by atoms with Crippen molar-refractivity contribution in [1.29, 1.82) is 0 Å². The molecule has 3 rings (SSSR count). The maximum Gasteiger partial charge on any atom is 0.144 e. The fourth-order valence-corrected chi connectivity index (χ4v) is 3.28. The summed E-state index contributed by atoms with van der Waals surface area (Å²) in [6.45, 7) is 5.74. The average Bonchev–Trinajstić information content (AvgIpc) is 2.81. The largest absolute Gasteiger partial charge is 0.489 e. The van der Waals surface area contributed by atoms with Crippen LogP contribution in [0.3, 0.4) is 0 Å². The van der Waals surface area contributed by atoms with E-state index in [1.807, 2.05) is 32.1 Å². The zero-order valence-corrected chi connectivity index (χ0v) is 19.7. The molecule has 0 fully saturated rings. The Morgan fingerprint density at radius 3 is 2.73 bits per heavy atom. The van der Waals surface area contributed by atoms with Gasteiger partial charge in [-0.1, -0.05) is 17.7 Å². The van der Waals surface area contributed by atoms with Gasteiger partial charge in [-0.3, -0.25) is 4.99 Å². The van der Waals surface area contributed by atoms with Crippen LogP contribution >= 0.6 is 11.6 Å². The summed E-state index contributed by atoms with van der Waals surface area (Å²) >= 11 is 6.43. The average molecular weight is 470 g/mol. The molecule has 0 spiro atoms. The summed E-state index contributed by atoms with van der Waals surface area (Å²) in [6, 6.07) is 9.03. The van der Waals surface area contributed by atoms with Crippen molar-refractivity contribution in [3.8, 4) is 11.5 Å². The fraction of sp³-hybridized carbons (Fsp3) is 0.292. The molecule has 0 unspecified atom stereocenters. The van der Waals surface area contributed by atoms with E-state index in [2.05, 4.69) is 20.3 Å². The van der Waals surface area contributed by atoms with E-state index in [9.17, 15) is 0 Å². The summed E-state index contributed by atoms with van der Waals surface area (Å²) in [5, 5.41) is 4.51. The van der Waals surface area contributed by atoms with E-state index in [4.69, 9.17) is 31.5 Å². The second-order valence-electron chi connectivity index (χ2n) is 6.95. The van der Waals surface area contributed by atoms with Crippen molar-refractivity contribution in [2.24, 2.45) is 4.99 Å². The molecule has 9 heteroatoms. The Kier molecular flexibility index (Phi) is 8.86. The summed E-state index contributed by atoms with van der Waals surface area (Å²) in [4.78, 5) is 12.9. The van der Waals surface area contributed by atoms with E-state index in [0.29, 0.717) is 60.0 Å². The Labute approximate surface area is 198 Å². The molecule has 3 aromatic rings. The van der Waals surface area contributed by atoms with Gasteiger partial charge in [0.2, 0.25) is 0 Å². The number of nitrogens with zero attached hydrogens (tertiary/aromatic N) is 3. The SMILES string of the molecule is C/C=C\C(COc1ccc(Nc2ncnc3cc(OCCOCC)c(N)cc23)cc1Cl)=NC. The Morgan fingerprint density at radius 1 is 1.15 bits per heavy atom. The lowest BCUT2D eigenvalue weighted by Gasteiger charge is -2.13. The molecule has 0 atom stereocenters. The van der Waals surface area contributed by atoms with Gasteiger partial charge in [0.1, 0.15) is 36.9 Å². The van der Waals surface area contributed by atoms with Crippen molar-refractivity contribution in [2.45, 2.75) is 13.8 Å². The van der Waals surface area contributed by atoms with E-state index in [1.54, 1.807) is 31.3 Å². The van der Waals surface area contributed by atoms with Gasteiger partial charge in [-0.25, -0.2) is 9.97 Å². The first-order chi connectivity index (χ1) is 16.0.